The van der Waals surface area contributed by atoms with Crippen molar-refractivity contribution in [3.63, 3.8) is 0 Å². The largest absolute Gasteiger partial charge is 0.500 e. The lowest BCUT2D eigenvalue weighted by atomic mass is 10.0. The number of carboxylic acid groups (broad SMARTS) is 1. The van der Waals surface area contributed by atoms with Gasteiger partial charge in [0.25, 0.3) is 0 Å². The minimum atomic E-state index is -2.51. The maximum Gasteiger partial charge on any atom is 0.500 e. The van der Waals surface area contributed by atoms with Gasteiger partial charge in [0.15, 0.2) is 5.54 Å². The second-order valence-electron chi connectivity index (χ2n) is 5.61. The summed E-state index contributed by atoms with van der Waals surface area (Å²) < 4.78 is 18.3. The molecule has 0 aliphatic carbocycles. The molecule has 122 valence electrons. The van der Waals surface area contributed by atoms with Gasteiger partial charge in [-0.15, -0.1) is 0 Å². The van der Waals surface area contributed by atoms with Crippen LogP contribution in [0.4, 0.5) is 0 Å². The van der Waals surface area contributed by atoms with Crippen LogP contribution in [0.15, 0.2) is 0 Å². The molecule has 21 heavy (non-hydrogen) atoms. The Balaban J connectivity index is 2.53. The Hall–Kier alpha value is -0.963. The number of rotatable bonds is 9. The highest BCUT2D eigenvalue weighted by atomic mass is 28.4. The maximum absolute atomic E-state index is 11.3. The molecule has 0 saturated carbocycles. The maximum atomic E-state index is 11.3. The van der Waals surface area contributed by atoms with Crippen molar-refractivity contribution in [1.82, 2.24) is 4.90 Å². The van der Waals surface area contributed by atoms with E-state index in [1.54, 1.807) is 35.2 Å². The van der Waals surface area contributed by atoms with Gasteiger partial charge >= 0.3 is 14.8 Å². The summed E-state index contributed by atoms with van der Waals surface area (Å²) in [6, 6.07) is 0.739. The van der Waals surface area contributed by atoms with Gasteiger partial charge in [-0.3, -0.25) is 4.58 Å². The molecule has 0 saturated heterocycles. The normalized spacial score (nSPS) is 16.2. The molecule has 1 aliphatic rings. The minimum absolute atomic E-state index is 0.723. The van der Waals surface area contributed by atoms with Gasteiger partial charge in [0.1, 0.15) is 13.1 Å². The second kappa shape index (κ2) is 7.35. The Morgan fingerprint density at radius 1 is 1.33 bits per heavy atom. The zero-order valence-electron chi connectivity index (χ0n) is 13.6. The molecule has 1 aliphatic heterocycles. The number of hydrogen-bond donors (Lipinski definition) is 1. The van der Waals surface area contributed by atoms with Crippen molar-refractivity contribution < 1.29 is 27.8 Å². The molecular formula is C13H27N2O5Si+. The van der Waals surface area contributed by atoms with Gasteiger partial charge in [0, 0.05) is 27.4 Å². The standard InChI is InChI=1S/C13H26N2O5Si/c1-13(2,12(16)17)15-9-8-14(11-15)7-6-10-21(18-3,19-4)20-5/h11H,6-10H2,1-5H3/p+1. The molecule has 0 spiro atoms. The van der Waals surface area contributed by atoms with Crippen molar-refractivity contribution in [2.24, 2.45) is 0 Å². The van der Waals surface area contributed by atoms with Crippen LogP contribution in [0.2, 0.25) is 6.04 Å². The molecule has 7 nitrogen and oxygen atoms in total. The van der Waals surface area contributed by atoms with Crippen LogP contribution in [0.25, 0.3) is 0 Å². The third-order valence-electron chi connectivity index (χ3n) is 4.03. The smallest absolute Gasteiger partial charge is 0.478 e. The molecule has 0 aromatic carbocycles. The highest BCUT2D eigenvalue weighted by Crippen LogP contribution is 2.17. The number of carbonyl (C=O) groups is 1. The minimum Gasteiger partial charge on any atom is -0.478 e. The van der Waals surface area contributed by atoms with Crippen LogP contribution in [-0.4, -0.2) is 82.2 Å². The van der Waals surface area contributed by atoms with Gasteiger partial charge in [-0.05, 0) is 20.3 Å². The Morgan fingerprint density at radius 2 is 1.90 bits per heavy atom. The predicted molar refractivity (Wildman–Crippen MR) is 80.7 cm³/mol. The van der Waals surface area contributed by atoms with Crippen LogP contribution in [-0.2, 0) is 18.1 Å². The Bertz CT molecular complexity index is 388. The fraction of sp³-hybridized carbons (Fsp3) is 0.846. The SMILES string of the molecule is CO[Si](CCC[N+]1=CN(C(C)(C)C(=O)O)CC1)(OC)OC. The summed E-state index contributed by atoms with van der Waals surface area (Å²) >= 11 is 0. The highest BCUT2D eigenvalue weighted by molar-refractivity contribution is 6.60. The van der Waals surface area contributed by atoms with E-state index in [0.29, 0.717) is 0 Å². The molecule has 0 amide bonds. The number of aliphatic carboxylic acids is 1. The van der Waals surface area contributed by atoms with E-state index >= 15 is 0 Å². The molecule has 0 radical (unpaired) electrons. The molecule has 0 aromatic heterocycles. The first-order chi connectivity index (χ1) is 9.81. The van der Waals surface area contributed by atoms with Gasteiger partial charge < -0.3 is 18.4 Å². The monoisotopic (exact) mass is 319 g/mol. The quantitative estimate of drug-likeness (QED) is 0.492. The van der Waals surface area contributed by atoms with Gasteiger partial charge in [0.2, 0.25) is 6.34 Å². The van der Waals surface area contributed by atoms with E-state index < -0.39 is 20.3 Å². The van der Waals surface area contributed by atoms with Crippen molar-refractivity contribution in [1.29, 1.82) is 0 Å². The summed E-state index contributed by atoms with van der Waals surface area (Å²) in [4.78, 5) is 13.1. The van der Waals surface area contributed by atoms with E-state index in [-0.39, 0.29) is 0 Å². The van der Waals surface area contributed by atoms with Crippen molar-refractivity contribution >= 4 is 21.1 Å². The number of carboxylic acids is 1. The number of hydrogen-bond acceptors (Lipinski definition) is 5. The molecule has 0 aromatic rings. The van der Waals surface area contributed by atoms with Crippen LogP contribution in [0.5, 0.6) is 0 Å². The molecule has 1 N–H and O–H groups in total. The van der Waals surface area contributed by atoms with E-state index in [0.717, 1.165) is 32.1 Å². The highest BCUT2D eigenvalue weighted by Gasteiger charge is 2.42. The molecule has 0 unspecified atom stereocenters. The van der Waals surface area contributed by atoms with Crippen LogP contribution in [0.3, 0.4) is 0 Å². The fourth-order valence-corrected chi connectivity index (χ4v) is 4.02. The topological polar surface area (TPSA) is 71.2 Å². The summed E-state index contributed by atoms with van der Waals surface area (Å²) in [6.07, 6.45) is 2.78. The molecule has 1 heterocycles. The van der Waals surface area contributed by atoms with Crippen LogP contribution >= 0.6 is 0 Å². The Morgan fingerprint density at radius 3 is 2.38 bits per heavy atom. The molecule has 0 atom stereocenters. The van der Waals surface area contributed by atoms with E-state index in [9.17, 15) is 9.90 Å². The Kier molecular flexibility index (Phi) is 6.33. The van der Waals surface area contributed by atoms with E-state index in [2.05, 4.69) is 4.58 Å². The van der Waals surface area contributed by atoms with Crippen molar-refractivity contribution in [2.75, 3.05) is 41.0 Å². The van der Waals surface area contributed by atoms with Crippen LogP contribution in [0.1, 0.15) is 20.3 Å². The average molecular weight is 319 g/mol. The van der Waals surface area contributed by atoms with E-state index in [1.807, 2.05) is 11.2 Å². The molecule has 1 rings (SSSR count). The van der Waals surface area contributed by atoms with E-state index in [4.69, 9.17) is 13.3 Å². The van der Waals surface area contributed by atoms with Crippen LogP contribution < -0.4 is 0 Å². The zero-order chi connectivity index (χ0) is 16.1. The third kappa shape index (κ3) is 4.25. The lowest BCUT2D eigenvalue weighted by Gasteiger charge is -2.24. The van der Waals surface area contributed by atoms with E-state index in [1.165, 1.54) is 0 Å². The van der Waals surface area contributed by atoms with Gasteiger partial charge in [-0.2, -0.15) is 0 Å². The van der Waals surface area contributed by atoms with Gasteiger partial charge in [0.05, 0.1) is 6.54 Å². The lowest BCUT2D eigenvalue weighted by Crippen LogP contribution is -2.48. The van der Waals surface area contributed by atoms with Crippen molar-refractivity contribution in [3.05, 3.63) is 0 Å². The molecular weight excluding hydrogens is 292 g/mol. The molecule has 0 fully saturated rings. The van der Waals surface area contributed by atoms with Gasteiger partial charge in [-0.1, -0.05) is 0 Å². The fourth-order valence-electron chi connectivity index (χ4n) is 2.32. The summed E-state index contributed by atoms with van der Waals surface area (Å²) in [5, 5.41) is 9.24. The van der Waals surface area contributed by atoms with Crippen molar-refractivity contribution in [3.8, 4) is 0 Å². The molecule has 0 bridgehead atoms. The Labute approximate surface area is 127 Å². The summed E-state index contributed by atoms with van der Waals surface area (Å²) in [6.45, 7) is 5.82. The summed E-state index contributed by atoms with van der Waals surface area (Å²) in [5.41, 5.74) is -0.876. The lowest BCUT2D eigenvalue weighted by molar-refractivity contribution is -0.513. The predicted octanol–water partition coefficient (Wildman–Crippen LogP) is 0.474. The first kappa shape index (κ1) is 18.1. The first-order valence-electron chi connectivity index (χ1n) is 7.06. The second-order valence-corrected chi connectivity index (χ2v) is 8.70. The number of nitrogens with zero attached hydrogens (tertiary/aromatic N) is 2. The molecule has 8 heteroatoms. The van der Waals surface area contributed by atoms with Crippen molar-refractivity contribution in [2.45, 2.75) is 31.9 Å². The summed E-state index contributed by atoms with van der Waals surface area (Å²) in [5.74, 6) is -0.815. The average Bonchev–Trinajstić information content (AvgIpc) is 2.93. The summed E-state index contributed by atoms with van der Waals surface area (Å²) in [7, 11) is 2.32. The van der Waals surface area contributed by atoms with Gasteiger partial charge in [-0.25, -0.2) is 9.69 Å². The van der Waals surface area contributed by atoms with Crippen LogP contribution in [0, 0.1) is 0 Å². The zero-order valence-corrected chi connectivity index (χ0v) is 14.6. The third-order valence-corrected chi connectivity index (χ3v) is 6.87. The first-order valence-corrected chi connectivity index (χ1v) is 8.99.